The van der Waals surface area contributed by atoms with Gasteiger partial charge in [-0.2, -0.15) is 5.10 Å². The number of carboxylic acids is 1. The van der Waals surface area contributed by atoms with Crippen molar-refractivity contribution >= 4 is 23.8 Å². The maximum atomic E-state index is 13.1. The molecule has 35 heavy (non-hydrogen) atoms. The van der Waals surface area contributed by atoms with E-state index < -0.39 is 12.1 Å². The first-order valence-corrected chi connectivity index (χ1v) is 11.6. The Hall–Kier alpha value is -4.14. The predicted molar refractivity (Wildman–Crippen MR) is 126 cm³/mol. The number of piperidine rings is 1. The van der Waals surface area contributed by atoms with Gasteiger partial charge in [0.25, 0.3) is 5.91 Å². The molecule has 1 saturated heterocycles. The van der Waals surface area contributed by atoms with Crippen molar-refractivity contribution in [1.29, 1.82) is 0 Å². The number of likely N-dealkylation sites (tertiary alicyclic amines) is 1. The summed E-state index contributed by atoms with van der Waals surface area (Å²) in [5, 5.41) is 16.0. The van der Waals surface area contributed by atoms with Gasteiger partial charge in [-0.3, -0.25) is 19.6 Å². The Kier molecular flexibility index (Phi) is 4.87. The number of nitrogens with one attached hydrogen (secondary N) is 1. The highest BCUT2D eigenvalue weighted by atomic mass is 16.5. The lowest BCUT2D eigenvalue weighted by Crippen LogP contribution is -2.33. The highest BCUT2D eigenvalue weighted by molar-refractivity contribution is 6.02. The first kappa shape index (κ1) is 21.4. The second-order valence-corrected chi connectivity index (χ2v) is 9.38. The minimum Gasteiger partial charge on any atom is -0.481 e. The third kappa shape index (κ3) is 3.46. The molecule has 2 heterocycles. The van der Waals surface area contributed by atoms with Crippen LogP contribution < -0.4 is 5.32 Å². The Morgan fingerprint density at radius 2 is 1.63 bits per heavy atom. The summed E-state index contributed by atoms with van der Waals surface area (Å²) in [7, 11) is 1.64. The summed E-state index contributed by atoms with van der Waals surface area (Å²) >= 11 is 0. The number of fused-ring (bicyclic) bond motifs is 4. The number of aryl methyl sites for hydroxylation is 1. The molecule has 6 rings (SSSR count). The summed E-state index contributed by atoms with van der Waals surface area (Å²) < 4.78 is 7.03. The lowest BCUT2D eigenvalue weighted by atomic mass is 9.98. The number of carbonyl (C=O) groups is 3. The fraction of sp³-hybridized carbons (Fsp3) is 0.308. The molecule has 3 aromatic rings. The van der Waals surface area contributed by atoms with Gasteiger partial charge in [-0.05, 0) is 34.1 Å². The van der Waals surface area contributed by atoms with E-state index in [1.54, 1.807) is 11.9 Å². The number of aliphatic carboxylic acids is 1. The summed E-state index contributed by atoms with van der Waals surface area (Å²) in [5.74, 6) is -1.24. The van der Waals surface area contributed by atoms with Crippen LogP contribution in [0.4, 0.5) is 10.6 Å². The van der Waals surface area contributed by atoms with Gasteiger partial charge in [-0.25, -0.2) is 4.79 Å². The predicted octanol–water partition coefficient (Wildman–Crippen LogP) is 3.18. The molecular formula is C26H24N4O5. The normalized spacial score (nSPS) is 21.7. The van der Waals surface area contributed by atoms with E-state index in [-0.39, 0.29) is 47.6 Å². The molecule has 2 N–H and O–H groups in total. The second kappa shape index (κ2) is 7.97. The summed E-state index contributed by atoms with van der Waals surface area (Å²) in [6, 6.07) is 16.2. The average Bonchev–Trinajstić information content (AvgIpc) is 3.14. The van der Waals surface area contributed by atoms with E-state index in [0.717, 1.165) is 22.3 Å². The van der Waals surface area contributed by atoms with Crippen molar-refractivity contribution in [1.82, 2.24) is 14.7 Å². The number of hydrogen-bond donors (Lipinski definition) is 2. The Balaban J connectivity index is 1.13. The molecular weight excluding hydrogens is 448 g/mol. The van der Waals surface area contributed by atoms with Gasteiger partial charge >= 0.3 is 12.1 Å². The highest BCUT2D eigenvalue weighted by Crippen LogP contribution is 2.52. The van der Waals surface area contributed by atoms with Crippen molar-refractivity contribution in [2.45, 2.75) is 5.92 Å². The van der Waals surface area contributed by atoms with Gasteiger partial charge in [0.2, 0.25) is 0 Å². The molecule has 0 radical (unpaired) electrons. The maximum absolute atomic E-state index is 13.1. The average molecular weight is 473 g/mol. The van der Waals surface area contributed by atoms with Crippen molar-refractivity contribution in [2.24, 2.45) is 24.8 Å². The SMILES string of the molecule is Cn1ncc(C(=O)N2C[C@@H]3C(C(=O)O)[C@@H]3C2)c1NC(=O)OCC1c2ccccc2-c2ccccc21. The van der Waals surface area contributed by atoms with Crippen LogP contribution in [0.1, 0.15) is 27.4 Å². The van der Waals surface area contributed by atoms with Crippen LogP contribution in [0.5, 0.6) is 0 Å². The molecule has 178 valence electrons. The Morgan fingerprint density at radius 1 is 1.03 bits per heavy atom. The lowest BCUT2D eigenvalue weighted by Gasteiger charge is -2.19. The van der Waals surface area contributed by atoms with Gasteiger partial charge in [0.05, 0.1) is 12.1 Å². The third-order valence-electron chi connectivity index (χ3n) is 7.50. The van der Waals surface area contributed by atoms with E-state index in [9.17, 15) is 19.5 Å². The number of rotatable bonds is 5. The van der Waals surface area contributed by atoms with E-state index >= 15 is 0 Å². The van der Waals surface area contributed by atoms with Gasteiger partial charge in [-0.15, -0.1) is 0 Å². The monoisotopic (exact) mass is 472 g/mol. The van der Waals surface area contributed by atoms with E-state index in [1.807, 2.05) is 24.3 Å². The molecule has 2 aliphatic carbocycles. The van der Waals surface area contributed by atoms with Crippen molar-refractivity contribution < 1.29 is 24.2 Å². The number of carbonyl (C=O) groups excluding carboxylic acids is 2. The van der Waals surface area contributed by atoms with Crippen LogP contribution in [0.15, 0.2) is 54.7 Å². The molecule has 3 aliphatic rings. The largest absolute Gasteiger partial charge is 0.481 e. The summed E-state index contributed by atoms with van der Waals surface area (Å²) in [6.45, 7) is 0.965. The summed E-state index contributed by atoms with van der Waals surface area (Å²) in [5.41, 5.74) is 4.78. The zero-order chi connectivity index (χ0) is 24.3. The van der Waals surface area contributed by atoms with Crippen LogP contribution in [0.2, 0.25) is 0 Å². The first-order chi connectivity index (χ1) is 16.9. The van der Waals surface area contributed by atoms with Crippen LogP contribution in [0, 0.1) is 17.8 Å². The van der Waals surface area contributed by atoms with Crippen LogP contribution in [0.25, 0.3) is 11.1 Å². The lowest BCUT2D eigenvalue weighted by molar-refractivity contribution is -0.139. The van der Waals surface area contributed by atoms with Crippen LogP contribution in [0.3, 0.4) is 0 Å². The third-order valence-corrected chi connectivity index (χ3v) is 7.50. The second-order valence-electron chi connectivity index (χ2n) is 9.38. The molecule has 1 aliphatic heterocycles. The Labute approximate surface area is 201 Å². The number of benzene rings is 2. The van der Waals surface area contributed by atoms with E-state index in [4.69, 9.17) is 4.74 Å². The number of anilines is 1. The maximum Gasteiger partial charge on any atom is 0.412 e. The van der Waals surface area contributed by atoms with Crippen molar-refractivity contribution in [2.75, 3.05) is 25.0 Å². The zero-order valence-electron chi connectivity index (χ0n) is 19.0. The molecule has 0 bridgehead atoms. The standard InChI is InChI=1S/C26H24N4O5/c1-29-23(18(10-27-29)24(31)30-11-19-20(12-30)22(19)25(32)33)28-26(34)35-13-21-16-8-4-2-6-14(16)15-7-3-5-9-17(15)21/h2-10,19-22H,11-13H2,1H3,(H,28,34)(H,32,33)/t19-,20+,22?. The molecule has 0 spiro atoms. The Morgan fingerprint density at radius 3 is 2.23 bits per heavy atom. The number of nitrogens with zero attached hydrogens (tertiary/aromatic N) is 3. The summed E-state index contributed by atoms with van der Waals surface area (Å²) in [4.78, 5) is 38.7. The molecule has 1 unspecified atom stereocenters. The van der Waals surface area contributed by atoms with Crippen molar-refractivity contribution in [3.05, 3.63) is 71.4 Å². The highest BCUT2D eigenvalue weighted by Gasteiger charge is 2.60. The van der Waals surface area contributed by atoms with Gasteiger partial charge in [0, 0.05) is 26.1 Å². The topological polar surface area (TPSA) is 114 Å². The molecule has 3 atom stereocenters. The van der Waals surface area contributed by atoms with Crippen LogP contribution in [-0.2, 0) is 16.6 Å². The van der Waals surface area contributed by atoms with E-state index in [1.165, 1.54) is 10.9 Å². The quantitative estimate of drug-likeness (QED) is 0.590. The zero-order valence-corrected chi connectivity index (χ0v) is 19.0. The number of ether oxygens (including phenoxy) is 1. The first-order valence-electron chi connectivity index (χ1n) is 11.6. The molecule has 2 aromatic carbocycles. The number of carboxylic acid groups (broad SMARTS) is 1. The smallest absolute Gasteiger partial charge is 0.412 e. The van der Waals surface area contributed by atoms with Crippen LogP contribution in [-0.4, -0.2) is 57.5 Å². The fourth-order valence-electron chi connectivity index (χ4n) is 5.70. The van der Waals surface area contributed by atoms with E-state index in [2.05, 4.69) is 34.7 Å². The fourth-order valence-corrected chi connectivity index (χ4v) is 5.70. The van der Waals surface area contributed by atoms with Crippen molar-refractivity contribution in [3.63, 3.8) is 0 Å². The van der Waals surface area contributed by atoms with Gasteiger partial charge in [0.1, 0.15) is 18.0 Å². The molecule has 9 nitrogen and oxygen atoms in total. The van der Waals surface area contributed by atoms with Crippen LogP contribution >= 0.6 is 0 Å². The number of hydrogen-bond acceptors (Lipinski definition) is 5. The minimum absolute atomic E-state index is 0.00617. The molecule has 2 fully saturated rings. The Bertz CT molecular complexity index is 1310. The minimum atomic E-state index is -0.800. The molecule has 1 aromatic heterocycles. The van der Waals surface area contributed by atoms with Gasteiger partial charge in [-0.1, -0.05) is 48.5 Å². The molecule has 9 heteroatoms. The van der Waals surface area contributed by atoms with E-state index in [0.29, 0.717) is 13.1 Å². The molecule has 1 saturated carbocycles. The number of amides is 2. The number of aromatic nitrogens is 2. The van der Waals surface area contributed by atoms with Crippen molar-refractivity contribution in [3.8, 4) is 11.1 Å². The van der Waals surface area contributed by atoms with Gasteiger partial charge in [0.15, 0.2) is 0 Å². The molecule has 2 amide bonds. The summed E-state index contributed by atoms with van der Waals surface area (Å²) in [6.07, 6.45) is 0.750. The van der Waals surface area contributed by atoms with Gasteiger partial charge < -0.3 is 14.7 Å².